The molecule has 2 aromatic carbocycles. The van der Waals surface area contributed by atoms with Crippen molar-refractivity contribution in [2.45, 2.75) is 13.1 Å². The molecule has 0 saturated heterocycles. The molecule has 1 aromatic heterocycles. The van der Waals surface area contributed by atoms with Crippen molar-refractivity contribution < 1.29 is 27.1 Å². The molecule has 0 radical (unpaired) electrons. The van der Waals surface area contributed by atoms with Gasteiger partial charge in [0.1, 0.15) is 5.82 Å². The predicted molar refractivity (Wildman–Crippen MR) is 84.7 cm³/mol. The molecule has 134 valence electrons. The number of aryl methyl sites for hydroxylation is 1. The second-order valence-electron chi connectivity index (χ2n) is 5.48. The number of aromatic nitrogens is 2. The fraction of sp³-hybridized carbons (Fsp3) is 0.111. The molecule has 0 aliphatic rings. The fourth-order valence-corrected chi connectivity index (χ4v) is 2.22. The second kappa shape index (κ2) is 6.62. The van der Waals surface area contributed by atoms with Crippen molar-refractivity contribution in [1.82, 2.24) is 9.78 Å². The molecule has 8 heteroatoms. The van der Waals surface area contributed by atoms with Crippen molar-refractivity contribution in [3.63, 3.8) is 0 Å². The summed E-state index contributed by atoms with van der Waals surface area (Å²) in [7, 11) is 0. The minimum Gasteiger partial charge on any atom is -0.404 e. The molecule has 0 atom stereocenters. The summed E-state index contributed by atoms with van der Waals surface area (Å²) >= 11 is 0. The average molecular weight is 364 g/mol. The molecule has 0 N–H and O–H groups in total. The highest BCUT2D eigenvalue weighted by atomic mass is 19.4. The van der Waals surface area contributed by atoms with Crippen LogP contribution in [0.5, 0.6) is 5.88 Å². The van der Waals surface area contributed by atoms with Crippen LogP contribution in [0.15, 0.2) is 54.6 Å². The second-order valence-corrected chi connectivity index (χ2v) is 5.48. The van der Waals surface area contributed by atoms with E-state index in [1.165, 1.54) is 30.3 Å². The smallest absolute Gasteiger partial charge is 0.404 e. The van der Waals surface area contributed by atoms with Gasteiger partial charge in [-0.2, -0.15) is 18.3 Å². The Kier molecular flexibility index (Phi) is 4.50. The van der Waals surface area contributed by atoms with E-state index >= 15 is 0 Å². The molecule has 0 bridgehead atoms. The average Bonchev–Trinajstić information content (AvgIpc) is 3.00. The van der Waals surface area contributed by atoms with Crippen LogP contribution < -0.4 is 4.74 Å². The molecule has 3 aromatic rings. The molecule has 1 heterocycles. The summed E-state index contributed by atoms with van der Waals surface area (Å²) in [6, 6.07) is 12.0. The number of hydrogen-bond acceptors (Lipinski definition) is 3. The minimum absolute atomic E-state index is 0.266. The van der Waals surface area contributed by atoms with Gasteiger partial charge in [-0.25, -0.2) is 13.9 Å². The molecule has 0 amide bonds. The molecular formula is C18H12F4N2O2. The van der Waals surface area contributed by atoms with Crippen molar-refractivity contribution in [2.75, 3.05) is 0 Å². The third-order valence-electron chi connectivity index (χ3n) is 3.54. The first-order valence-corrected chi connectivity index (χ1v) is 7.47. The highest BCUT2D eigenvalue weighted by Crippen LogP contribution is 2.32. The summed E-state index contributed by atoms with van der Waals surface area (Å²) < 4.78 is 58.6. The van der Waals surface area contributed by atoms with Gasteiger partial charge in [0.05, 0.1) is 11.3 Å². The first-order chi connectivity index (χ1) is 12.3. The summed E-state index contributed by atoms with van der Waals surface area (Å²) in [6.07, 6.45) is -4.73. The maximum atomic E-state index is 13.7. The van der Waals surface area contributed by atoms with Gasteiger partial charge in [0.2, 0.25) is 5.88 Å². The minimum atomic E-state index is -4.73. The van der Waals surface area contributed by atoms with Crippen molar-refractivity contribution in [2.24, 2.45) is 0 Å². The quantitative estimate of drug-likeness (QED) is 0.506. The molecule has 0 unspecified atom stereocenters. The normalized spacial score (nSPS) is 11.4. The number of halogens is 4. The predicted octanol–water partition coefficient (Wildman–Crippen LogP) is 4.56. The van der Waals surface area contributed by atoms with Crippen LogP contribution in [0.25, 0.3) is 5.69 Å². The maximum Gasteiger partial charge on any atom is 0.435 e. The molecule has 0 saturated carbocycles. The number of alkyl halides is 3. The van der Waals surface area contributed by atoms with E-state index in [1.807, 2.05) is 6.92 Å². The summed E-state index contributed by atoms with van der Waals surface area (Å²) in [5, 5.41) is 3.47. The topological polar surface area (TPSA) is 44.1 Å². The number of carbonyl (C=O) groups is 1. The highest BCUT2D eigenvalue weighted by Gasteiger charge is 2.36. The fourth-order valence-electron chi connectivity index (χ4n) is 2.22. The molecular weight excluding hydrogens is 352 g/mol. The molecule has 26 heavy (non-hydrogen) atoms. The molecule has 0 aliphatic heterocycles. The van der Waals surface area contributed by atoms with Gasteiger partial charge in [-0.05, 0) is 31.2 Å². The Hall–Kier alpha value is -3.16. The van der Waals surface area contributed by atoms with Gasteiger partial charge in [-0.15, -0.1) is 0 Å². The molecule has 0 aliphatic carbocycles. The highest BCUT2D eigenvalue weighted by molar-refractivity contribution is 5.91. The van der Waals surface area contributed by atoms with Crippen molar-refractivity contribution >= 4 is 5.97 Å². The van der Waals surface area contributed by atoms with E-state index in [-0.39, 0.29) is 5.69 Å². The summed E-state index contributed by atoms with van der Waals surface area (Å²) in [5.41, 5.74) is -0.462. The van der Waals surface area contributed by atoms with Gasteiger partial charge in [-0.1, -0.05) is 29.8 Å². The Morgan fingerprint density at radius 1 is 1.08 bits per heavy atom. The third kappa shape index (κ3) is 3.58. The number of rotatable bonds is 3. The van der Waals surface area contributed by atoms with Crippen molar-refractivity contribution in [3.8, 4) is 11.6 Å². The van der Waals surface area contributed by atoms with Gasteiger partial charge in [0.25, 0.3) is 0 Å². The summed E-state index contributed by atoms with van der Waals surface area (Å²) in [6.45, 7) is 1.81. The lowest BCUT2D eigenvalue weighted by molar-refractivity contribution is -0.141. The van der Waals surface area contributed by atoms with E-state index in [2.05, 4.69) is 5.10 Å². The number of esters is 1. The van der Waals surface area contributed by atoms with Crippen LogP contribution in [0, 0.1) is 12.7 Å². The van der Waals surface area contributed by atoms with E-state index in [1.54, 1.807) is 12.1 Å². The lowest BCUT2D eigenvalue weighted by Gasteiger charge is -2.08. The standard InChI is InChI=1S/C18H12F4N2O2/c1-11-6-8-12(9-7-11)24-16(10-15(23-24)18(20,21)22)26-17(25)13-4-2-3-5-14(13)19/h2-10H,1H3. The SMILES string of the molecule is Cc1ccc(-n2nc(C(F)(F)F)cc2OC(=O)c2ccccc2F)cc1. The first kappa shape index (κ1) is 17.7. The number of hydrogen-bond donors (Lipinski definition) is 0. The van der Waals surface area contributed by atoms with Crippen molar-refractivity contribution in [1.29, 1.82) is 0 Å². The van der Waals surface area contributed by atoms with Crippen LogP contribution in [0.4, 0.5) is 17.6 Å². The third-order valence-corrected chi connectivity index (χ3v) is 3.54. The van der Waals surface area contributed by atoms with E-state index in [0.717, 1.165) is 16.3 Å². The maximum absolute atomic E-state index is 13.7. The molecule has 3 rings (SSSR count). The van der Waals surface area contributed by atoms with Crippen LogP contribution in [-0.2, 0) is 6.18 Å². The van der Waals surface area contributed by atoms with Crippen LogP contribution in [0.1, 0.15) is 21.6 Å². The number of carbonyl (C=O) groups excluding carboxylic acids is 1. The van der Waals surface area contributed by atoms with Gasteiger partial charge in [0.15, 0.2) is 5.69 Å². The van der Waals surface area contributed by atoms with Gasteiger partial charge >= 0.3 is 12.1 Å². The van der Waals surface area contributed by atoms with Crippen molar-refractivity contribution in [3.05, 3.63) is 77.2 Å². The number of ether oxygens (including phenoxy) is 1. The summed E-state index contributed by atoms with van der Waals surface area (Å²) in [5.74, 6) is -2.42. The molecule has 4 nitrogen and oxygen atoms in total. The van der Waals surface area contributed by atoms with Crippen LogP contribution >= 0.6 is 0 Å². The monoisotopic (exact) mass is 364 g/mol. The zero-order valence-electron chi connectivity index (χ0n) is 13.4. The van der Waals surface area contributed by atoms with E-state index in [4.69, 9.17) is 4.74 Å². The van der Waals surface area contributed by atoms with Gasteiger partial charge in [-0.3, -0.25) is 0 Å². The lowest BCUT2D eigenvalue weighted by atomic mass is 10.2. The summed E-state index contributed by atoms with van der Waals surface area (Å²) in [4.78, 5) is 12.1. The zero-order valence-corrected chi connectivity index (χ0v) is 13.4. The van der Waals surface area contributed by atoms with Crippen LogP contribution in [0.2, 0.25) is 0 Å². The zero-order chi connectivity index (χ0) is 18.9. The van der Waals surface area contributed by atoms with Crippen LogP contribution in [0.3, 0.4) is 0 Å². The number of nitrogens with zero attached hydrogens (tertiary/aromatic N) is 2. The van der Waals surface area contributed by atoms with Gasteiger partial charge < -0.3 is 4.74 Å². The largest absolute Gasteiger partial charge is 0.435 e. The first-order valence-electron chi connectivity index (χ1n) is 7.47. The van der Waals surface area contributed by atoms with Crippen LogP contribution in [-0.4, -0.2) is 15.7 Å². The van der Waals surface area contributed by atoms with E-state index < -0.39 is 35.1 Å². The Labute approximate surface area is 145 Å². The molecule has 0 spiro atoms. The van der Waals surface area contributed by atoms with E-state index in [9.17, 15) is 22.4 Å². The molecule has 0 fully saturated rings. The Bertz CT molecular complexity index is 947. The Morgan fingerprint density at radius 2 is 1.73 bits per heavy atom. The number of benzene rings is 2. The van der Waals surface area contributed by atoms with E-state index in [0.29, 0.717) is 6.07 Å². The van der Waals surface area contributed by atoms with Gasteiger partial charge in [0, 0.05) is 6.07 Å². The lowest BCUT2D eigenvalue weighted by Crippen LogP contribution is -2.13. The Morgan fingerprint density at radius 3 is 2.35 bits per heavy atom. The Balaban J connectivity index is 2.02.